The SMILES string of the molecule is CCCCCCCCCCC(=O)Oc1ccc(C(=O)Oc2ccc(C(=O)OCC)cc2F)cc1. The molecule has 0 saturated heterocycles. The fourth-order valence-electron chi connectivity index (χ4n) is 3.33. The number of ether oxygens (including phenoxy) is 3. The van der Waals surface area contributed by atoms with E-state index in [0.717, 1.165) is 25.3 Å². The van der Waals surface area contributed by atoms with Crippen molar-refractivity contribution in [2.75, 3.05) is 6.61 Å². The van der Waals surface area contributed by atoms with Gasteiger partial charge in [-0.1, -0.05) is 51.9 Å². The van der Waals surface area contributed by atoms with Gasteiger partial charge in [0.25, 0.3) is 0 Å². The molecule has 0 saturated carbocycles. The third kappa shape index (κ3) is 9.33. The number of unbranched alkanes of at least 4 members (excludes halogenated alkanes) is 7. The van der Waals surface area contributed by atoms with Crippen LogP contribution < -0.4 is 9.47 Å². The second kappa shape index (κ2) is 14.8. The molecule has 0 heterocycles. The number of rotatable bonds is 14. The second-order valence-corrected chi connectivity index (χ2v) is 7.98. The van der Waals surface area contributed by atoms with Crippen molar-refractivity contribution < 1.29 is 33.0 Å². The van der Waals surface area contributed by atoms with Crippen LogP contribution >= 0.6 is 0 Å². The fraction of sp³-hybridized carbons (Fsp3) is 0.444. The number of carbonyl (C=O) groups excluding carboxylic acids is 3. The Morgan fingerprint density at radius 2 is 1.35 bits per heavy atom. The lowest BCUT2D eigenvalue weighted by Crippen LogP contribution is -2.11. The summed E-state index contributed by atoms with van der Waals surface area (Å²) in [4.78, 5) is 36.0. The quantitative estimate of drug-likeness (QED) is 0.174. The van der Waals surface area contributed by atoms with E-state index in [9.17, 15) is 18.8 Å². The standard InChI is InChI=1S/C27H33FO6/c1-3-5-6-7-8-9-10-11-12-25(29)33-22-16-13-20(14-17-22)27(31)34-24-18-15-21(19-23(24)28)26(30)32-4-2/h13-19H,3-12H2,1-2H3. The van der Waals surface area contributed by atoms with E-state index in [0.29, 0.717) is 12.2 Å². The maximum atomic E-state index is 14.2. The molecule has 0 bridgehead atoms. The summed E-state index contributed by atoms with van der Waals surface area (Å²) in [5, 5.41) is 0. The highest BCUT2D eigenvalue weighted by Crippen LogP contribution is 2.21. The molecule has 34 heavy (non-hydrogen) atoms. The van der Waals surface area contributed by atoms with Crippen LogP contribution in [0.3, 0.4) is 0 Å². The molecule has 0 unspecified atom stereocenters. The molecule has 2 aromatic carbocycles. The summed E-state index contributed by atoms with van der Waals surface area (Å²) in [5.41, 5.74) is 0.189. The van der Waals surface area contributed by atoms with E-state index in [1.807, 2.05) is 0 Å². The predicted molar refractivity (Wildman–Crippen MR) is 127 cm³/mol. The number of halogens is 1. The summed E-state index contributed by atoms with van der Waals surface area (Å²) in [6, 6.07) is 9.32. The first-order chi connectivity index (χ1) is 16.4. The van der Waals surface area contributed by atoms with Crippen molar-refractivity contribution in [1.29, 1.82) is 0 Å². The molecule has 2 aromatic rings. The molecule has 6 nitrogen and oxygen atoms in total. The van der Waals surface area contributed by atoms with Crippen molar-refractivity contribution in [2.24, 2.45) is 0 Å². The molecular formula is C27H33FO6. The van der Waals surface area contributed by atoms with Crippen LogP contribution in [-0.2, 0) is 9.53 Å². The van der Waals surface area contributed by atoms with E-state index in [1.165, 1.54) is 68.5 Å². The van der Waals surface area contributed by atoms with Crippen LogP contribution in [0.1, 0.15) is 92.4 Å². The summed E-state index contributed by atoms with van der Waals surface area (Å²) < 4.78 is 29.4. The zero-order valence-corrected chi connectivity index (χ0v) is 19.9. The van der Waals surface area contributed by atoms with Crippen molar-refractivity contribution in [3.05, 3.63) is 59.4 Å². The third-order valence-electron chi connectivity index (χ3n) is 5.20. The lowest BCUT2D eigenvalue weighted by atomic mass is 10.1. The van der Waals surface area contributed by atoms with E-state index in [4.69, 9.17) is 14.2 Å². The fourth-order valence-corrected chi connectivity index (χ4v) is 3.33. The topological polar surface area (TPSA) is 78.9 Å². The Hall–Kier alpha value is -3.22. The van der Waals surface area contributed by atoms with Gasteiger partial charge in [-0.05, 0) is 55.8 Å². The molecule has 0 atom stereocenters. The molecule has 0 fully saturated rings. The minimum atomic E-state index is -0.856. The summed E-state index contributed by atoms with van der Waals surface area (Å²) in [6.07, 6.45) is 9.51. The van der Waals surface area contributed by atoms with Crippen LogP contribution in [0.15, 0.2) is 42.5 Å². The Bertz CT molecular complexity index is 939. The lowest BCUT2D eigenvalue weighted by Gasteiger charge is -2.08. The highest BCUT2D eigenvalue weighted by atomic mass is 19.1. The van der Waals surface area contributed by atoms with E-state index in [-0.39, 0.29) is 29.5 Å². The van der Waals surface area contributed by atoms with E-state index < -0.39 is 17.8 Å². The maximum absolute atomic E-state index is 14.2. The van der Waals surface area contributed by atoms with Crippen molar-refractivity contribution in [1.82, 2.24) is 0 Å². The van der Waals surface area contributed by atoms with Gasteiger partial charge in [0, 0.05) is 6.42 Å². The monoisotopic (exact) mass is 472 g/mol. The molecule has 0 aliphatic rings. The largest absolute Gasteiger partial charge is 0.462 e. The molecule has 0 aromatic heterocycles. The normalized spacial score (nSPS) is 10.6. The van der Waals surface area contributed by atoms with Crippen molar-refractivity contribution in [3.8, 4) is 11.5 Å². The van der Waals surface area contributed by atoms with Gasteiger partial charge in [0.05, 0.1) is 17.7 Å². The molecule has 0 N–H and O–H groups in total. The number of hydrogen-bond donors (Lipinski definition) is 0. The summed E-state index contributed by atoms with van der Waals surface area (Å²) in [7, 11) is 0. The van der Waals surface area contributed by atoms with Gasteiger partial charge in [0.2, 0.25) is 0 Å². The van der Waals surface area contributed by atoms with E-state index in [1.54, 1.807) is 6.92 Å². The van der Waals surface area contributed by atoms with Gasteiger partial charge in [-0.2, -0.15) is 0 Å². The summed E-state index contributed by atoms with van der Waals surface area (Å²) in [6.45, 7) is 4.01. The molecule has 7 heteroatoms. The smallest absolute Gasteiger partial charge is 0.343 e. The number of hydrogen-bond acceptors (Lipinski definition) is 6. The Morgan fingerprint density at radius 3 is 1.97 bits per heavy atom. The first-order valence-corrected chi connectivity index (χ1v) is 11.9. The summed E-state index contributed by atoms with van der Waals surface area (Å²) >= 11 is 0. The van der Waals surface area contributed by atoms with Gasteiger partial charge < -0.3 is 14.2 Å². The van der Waals surface area contributed by atoms with Crippen LogP contribution in [0.4, 0.5) is 4.39 Å². The van der Waals surface area contributed by atoms with Crippen molar-refractivity contribution >= 4 is 17.9 Å². The number of carbonyl (C=O) groups is 3. The third-order valence-corrected chi connectivity index (χ3v) is 5.20. The van der Waals surface area contributed by atoms with Gasteiger partial charge in [0.15, 0.2) is 11.6 Å². The lowest BCUT2D eigenvalue weighted by molar-refractivity contribution is -0.134. The van der Waals surface area contributed by atoms with Crippen LogP contribution in [0.25, 0.3) is 0 Å². The van der Waals surface area contributed by atoms with Crippen LogP contribution in [0.5, 0.6) is 11.5 Å². The Labute approximate surface area is 200 Å². The van der Waals surface area contributed by atoms with Crippen LogP contribution in [0.2, 0.25) is 0 Å². The molecule has 0 aliphatic carbocycles. The Kier molecular flexibility index (Phi) is 11.8. The van der Waals surface area contributed by atoms with Gasteiger partial charge in [0.1, 0.15) is 5.75 Å². The average molecular weight is 473 g/mol. The number of benzene rings is 2. The molecule has 0 spiro atoms. The zero-order chi connectivity index (χ0) is 24.8. The molecule has 0 amide bonds. The second-order valence-electron chi connectivity index (χ2n) is 7.98. The first kappa shape index (κ1) is 27.0. The minimum absolute atomic E-state index is 0.0253. The summed E-state index contributed by atoms with van der Waals surface area (Å²) in [5.74, 6) is -2.59. The predicted octanol–water partition coefficient (Wildman–Crippen LogP) is 6.66. The number of esters is 3. The molecule has 0 radical (unpaired) electrons. The maximum Gasteiger partial charge on any atom is 0.343 e. The molecule has 184 valence electrons. The molecular weight excluding hydrogens is 439 g/mol. The highest BCUT2D eigenvalue weighted by molar-refractivity contribution is 5.92. The Morgan fingerprint density at radius 1 is 0.735 bits per heavy atom. The van der Waals surface area contributed by atoms with Crippen LogP contribution in [-0.4, -0.2) is 24.5 Å². The van der Waals surface area contributed by atoms with E-state index >= 15 is 0 Å². The van der Waals surface area contributed by atoms with E-state index in [2.05, 4.69) is 6.92 Å². The van der Waals surface area contributed by atoms with Gasteiger partial charge in [-0.25, -0.2) is 14.0 Å². The average Bonchev–Trinajstić information content (AvgIpc) is 2.82. The van der Waals surface area contributed by atoms with Gasteiger partial charge in [-0.15, -0.1) is 0 Å². The zero-order valence-electron chi connectivity index (χ0n) is 19.9. The van der Waals surface area contributed by atoms with Crippen molar-refractivity contribution in [2.45, 2.75) is 71.6 Å². The van der Waals surface area contributed by atoms with Crippen molar-refractivity contribution in [3.63, 3.8) is 0 Å². The highest BCUT2D eigenvalue weighted by Gasteiger charge is 2.16. The van der Waals surface area contributed by atoms with Gasteiger partial charge in [-0.3, -0.25) is 4.79 Å². The molecule has 0 aliphatic heterocycles. The molecule has 2 rings (SSSR count). The van der Waals surface area contributed by atoms with Gasteiger partial charge >= 0.3 is 17.9 Å². The van der Waals surface area contributed by atoms with Crippen LogP contribution in [0, 0.1) is 5.82 Å². The Balaban J connectivity index is 1.78. The first-order valence-electron chi connectivity index (χ1n) is 11.9. The minimum Gasteiger partial charge on any atom is -0.462 e.